The maximum absolute atomic E-state index is 13.2. The van der Waals surface area contributed by atoms with Gasteiger partial charge in [0.15, 0.2) is 5.83 Å². The summed E-state index contributed by atoms with van der Waals surface area (Å²) in [5.74, 6) is -0.957. The number of amides is 1. The van der Waals surface area contributed by atoms with Crippen LogP contribution in [0.4, 0.5) is 15.9 Å². The van der Waals surface area contributed by atoms with Crippen LogP contribution < -0.4 is 15.5 Å². The van der Waals surface area contributed by atoms with Crippen molar-refractivity contribution in [1.29, 1.82) is 0 Å². The van der Waals surface area contributed by atoms with E-state index in [4.69, 9.17) is 0 Å². The van der Waals surface area contributed by atoms with E-state index in [0.717, 1.165) is 52.8 Å². The summed E-state index contributed by atoms with van der Waals surface area (Å²) in [6, 6.07) is 4.11. The lowest BCUT2D eigenvalue weighted by molar-refractivity contribution is -0.128. The monoisotopic (exact) mass is 451 g/mol. The first-order chi connectivity index (χ1) is 15.9. The fraction of sp³-hybridized carbons (Fsp3) is 0.391. The lowest BCUT2D eigenvalue weighted by atomic mass is 10.1. The van der Waals surface area contributed by atoms with Crippen LogP contribution in [0.25, 0.3) is 10.9 Å². The fourth-order valence-corrected chi connectivity index (χ4v) is 4.92. The number of aromatic amines is 2. The number of hydrogen-bond acceptors (Lipinski definition) is 6. The number of hydrogen-bond donors (Lipinski definition) is 2. The van der Waals surface area contributed by atoms with Crippen molar-refractivity contribution in [2.75, 3.05) is 42.5 Å². The van der Waals surface area contributed by atoms with Crippen LogP contribution in [0.3, 0.4) is 0 Å². The van der Waals surface area contributed by atoms with Gasteiger partial charge in [-0.3, -0.25) is 9.89 Å². The van der Waals surface area contributed by atoms with Crippen LogP contribution in [-0.4, -0.2) is 63.7 Å². The Balaban J connectivity index is 1.45. The van der Waals surface area contributed by atoms with Crippen molar-refractivity contribution in [3.05, 3.63) is 58.0 Å². The Morgan fingerprint density at radius 1 is 1.15 bits per heavy atom. The van der Waals surface area contributed by atoms with Crippen molar-refractivity contribution in [2.45, 2.75) is 26.3 Å². The third kappa shape index (κ3) is 3.85. The number of carbonyl (C=O) groups is 1. The highest BCUT2D eigenvalue weighted by atomic mass is 19.1. The van der Waals surface area contributed by atoms with Gasteiger partial charge in [0.1, 0.15) is 5.82 Å². The van der Waals surface area contributed by atoms with Crippen LogP contribution in [0.2, 0.25) is 0 Å². The Morgan fingerprint density at radius 2 is 1.94 bits per heavy atom. The molecule has 172 valence electrons. The normalized spacial score (nSPS) is 16.6. The molecule has 0 radical (unpaired) electrons. The van der Waals surface area contributed by atoms with Crippen LogP contribution in [0.5, 0.6) is 0 Å². The molecule has 2 aliphatic heterocycles. The summed E-state index contributed by atoms with van der Waals surface area (Å²) in [6.07, 6.45) is 3.53. The predicted octanol–water partition coefficient (Wildman–Crippen LogP) is 2.04. The molecule has 0 atom stereocenters. The van der Waals surface area contributed by atoms with Gasteiger partial charge < -0.3 is 19.7 Å². The number of piperazine rings is 1. The van der Waals surface area contributed by atoms with Gasteiger partial charge in [0.25, 0.3) is 5.91 Å². The van der Waals surface area contributed by atoms with Crippen molar-refractivity contribution < 1.29 is 9.18 Å². The van der Waals surface area contributed by atoms with Crippen LogP contribution in [0.15, 0.2) is 35.5 Å². The molecule has 5 rings (SSSR count). The molecule has 1 amide bonds. The summed E-state index contributed by atoms with van der Waals surface area (Å²) in [6.45, 7) is 8.27. The molecule has 9 nitrogen and oxygen atoms in total. The highest BCUT2D eigenvalue weighted by Gasteiger charge is 2.28. The highest BCUT2D eigenvalue weighted by Crippen LogP contribution is 2.33. The second-order valence-corrected chi connectivity index (χ2v) is 8.59. The molecular formula is C23H26FN7O2. The van der Waals surface area contributed by atoms with E-state index < -0.39 is 11.7 Å². The molecule has 0 saturated carbocycles. The summed E-state index contributed by atoms with van der Waals surface area (Å²) >= 11 is 0. The molecule has 1 fully saturated rings. The number of aromatic nitrogens is 4. The predicted molar refractivity (Wildman–Crippen MR) is 124 cm³/mol. The summed E-state index contributed by atoms with van der Waals surface area (Å²) < 4.78 is 13.2. The number of halogens is 1. The third-order valence-corrected chi connectivity index (χ3v) is 6.52. The molecular weight excluding hydrogens is 425 g/mol. The van der Waals surface area contributed by atoms with E-state index in [2.05, 4.69) is 44.6 Å². The Hall–Kier alpha value is -3.69. The first kappa shape index (κ1) is 21.2. The zero-order valence-electron chi connectivity index (χ0n) is 18.5. The molecule has 10 heteroatoms. The third-order valence-electron chi connectivity index (χ3n) is 6.52. The summed E-state index contributed by atoms with van der Waals surface area (Å²) in [4.78, 5) is 37.4. The van der Waals surface area contributed by atoms with E-state index in [1.807, 2.05) is 17.2 Å². The smallest absolute Gasteiger partial charge is 0.347 e. The standard InChI is InChI=1S/C23H26FN7O2/c1-14-5-6-18-17(12-25-28-18)20(14)31-7-3-4-16-19(13-31)26-23(33)27-21(16)29-8-10-30(11-9-29)22(32)15(2)24/h5-6,12H,2-4,7-11,13H2,1H3,(H,25,28)(H,26,27,33). The molecule has 0 bridgehead atoms. The first-order valence-electron chi connectivity index (χ1n) is 11.1. The molecule has 33 heavy (non-hydrogen) atoms. The topological polar surface area (TPSA) is 101 Å². The van der Waals surface area contributed by atoms with Crippen LogP contribution in [0, 0.1) is 6.92 Å². The maximum atomic E-state index is 13.2. The van der Waals surface area contributed by atoms with E-state index in [9.17, 15) is 14.0 Å². The second-order valence-electron chi connectivity index (χ2n) is 8.59. The molecule has 2 aromatic heterocycles. The van der Waals surface area contributed by atoms with Crippen molar-refractivity contribution in [3.63, 3.8) is 0 Å². The van der Waals surface area contributed by atoms with Gasteiger partial charge in [-0.1, -0.05) is 12.6 Å². The van der Waals surface area contributed by atoms with Crippen LogP contribution >= 0.6 is 0 Å². The molecule has 1 saturated heterocycles. The highest BCUT2D eigenvalue weighted by molar-refractivity contribution is 5.93. The van der Waals surface area contributed by atoms with Crippen LogP contribution in [0.1, 0.15) is 23.2 Å². The van der Waals surface area contributed by atoms with E-state index >= 15 is 0 Å². The average Bonchev–Trinajstić information content (AvgIpc) is 3.18. The van der Waals surface area contributed by atoms with Gasteiger partial charge in [0.05, 0.1) is 23.9 Å². The van der Waals surface area contributed by atoms with E-state index in [-0.39, 0.29) is 5.69 Å². The Labute approximate surface area is 189 Å². The molecule has 1 aromatic carbocycles. The van der Waals surface area contributed by atoms with Crippen molar-refractivity contribution in [1.82, 2.24) is 25.1 Å². The van der Waals surface area contributed by atoms with Crippen molar-refractivity contribution in [3.8, 4) is 0 Å². The zero-order chi connectivity index (χ0) is 23.1. The molecule has 2 N–H and O–H groups in total. The minimum absolute atomic E-state index is 0.360. The summed E-state index contributed by atoms with van der Waals surface area (Å²) in [7, 11) is 0. The van der Waals surface area contributed by atoms with E-state index in [1.54, 1.807) is 0 Å². The number of H-pyrrole nitrogens is 2. The quantitative estimate of drug-likeness (QED) is 0.591. The van der Waals surface area contributed by atoms with Gasteiger partial charge in [-0.2, -0.15) is 10.1 Å². The van der Waals surface area contributed by atoms with E-state index in [1.165, 1.54) is 4.90 Å². The lowest BCUT2D eigenvalue weighted by Crippen LogP contribution is -2.49. The molecule has 4 heterocycles. The summed E-state index contributed by atoms with van der Waals surface area (Å²) in [5, 5.41) is 8.29. The van der Waals surface area contributed by atoms with Crippen molar-refractivity contribution >= 4 is 28.3 Å². The number of anilines is 2. The average molecular weight is 452 g/mol. The van der Waals surface area contributed by atoms with Gasteiger partial charge in [-0.25, -0.2) is 9.18 Å². The number of fused-ring (bicyclic) bond motifs is 2. The van der Waals surface area contributed by atoms with Gasteiger partial charge in [-0.05, 0) is 31.4 Å². The van der Waals surface area contributed by atoms with Gasteiger partial charge >= 0.3 is 5.69 Å². The fourth-order valence-electron chi connectivity index (χ4n) is 4.92. The van der Waals surface area contributed by atoms with Gasteiger partial charge in [-0.15, -0.1) is 0 Å². The molecule has 0 unspecified atom stereocenters. The number of aryl methyl sites for hydroxylation is 1. The molecule has 0 aliphatic carbocycles. The maximum Gasteiger partial charge on any atom is 0.347 e. The van der Waals surface area contributed by atoms with Gasteiger partial charge in [0.2, 0.25) is 0 Å². The van der Waals surface area contributed by atoms with Gasteiger partial charge in [0, 0.05) is 49.4 Å². The van der Waals surface area contributed by atoms with Crippen molar-refractivity contribution in [2.24, 2.45) is 0 Å². The Bertz CT molecular complexity index is 1290. The SMILES string of the molecule is C=C(F)C(=O)N1CCN(c2nc(=O)[nH]c3c2CCCN(c2c(C)ccc4[nH]ncc24)C3)CC1. The van der Waals surface area contributed by atoms with E-state index in [0.29, 0.717) is 38.5 Å². The number of rotatable bonds is 3. The number of benzene rings is 1. The summed E-state index contributed by atoms with van der Waals surface area (Å²) in [5.41, 5.74) is 4.75. The second kappa shape index (κ2) is 8.34. The minimum atomic E-state index is -0.949. The number of nitrogens with one attached hydrogen (secondary N) is 2. The Morgan fingerprint density at radius 3 is 2.70 bits per heavy atom. The minimum Gasteiger partial charge on any atom is -0.365 e. The largest absolute Gasteiger partial charge is 0.365 e. The lowest BCUT2D eigenvalue weighted by Gasteiger charge is -2.36. The first-order valence-corrected chi connectivity index (χ1v) is 11.1. The number of nitrogens with zero attached hydrogens (tertiary/aromatic N) is 5. The Kier molecular flexibility index (Phi) is 5.35. The molecule has 2 aliphatic rings. The zero-order valence-corrected chi connectivity index (χ0v) is 18.5. The molecule has 0 spiro atoms. The number of carbonyl (C=O) groups excluding carboxylic acids is 1. The van der Waals surface area contributed by atoms with Crippen LogP contribution in [-0.2, 0) is 17.8 Å². The molecule has 3 aromatic rings.